The Bertz CT molecular complexity index is 2370. The first kappa shape index (κ1) is 108. The average molecular weight is 1710 g/mol. The molecule has 704 valence electrons. The molecule has 0 aromatic rings. The molecule has 0 saturated carbocycles. The first-order valence-corrected chi connectivity index (χ1v) is 48.2. The van der Waals surface area contributed by atoms with Gasteiger partial charge in [0.15, 0.2) is 31.5 Å². The number of carbonyl (C=O) groups is 1. The first-order valence-electron chi connectivity index (χ1n) is 48.2. The quantitative estimate of drug-likeness (QED) is 0.0536. The topological polar surface area (TPSA) is 271 Å². The predicted molar refractivity (Wildman–Crippen MR) is 458 cm³/mol. The zero-order valence-electron chi connectivity index (χ0n) is 77.4. The lowest BCUT2D eigenvalue weighted by Crippen LogP contribution is -2.70. The Balaban J connectivity index is 1.95. The van der Waals surface area contributed by atoms with Gasteiger partial charge in [-0.3, -0.25) is 4.79 Å². The number of rotatable bonds is 74. The van der Waals surface area contributed by atoms with Crippen LogP contribution in [0.3, 0.4) is 0 Å². The van der Waals surface area contributed by atoms with Gasteiger partial charge in [0.1, 0.15) is 122 Å². The lowest BCUT2D eigenvalue weighted by Gasteiger charge is -2.53. The first-order chi connectivity index (χ1) is 58.3. The zero-order chi connectivity index (χ0) is 86.0. The molecule has 1 amide bonds. The smallest absolute Gasteiger partial charge is 0.217 e. The lowest BCUT2D eigenvalue weighted by atomic mass is 9.94. The third kappa shape index (κ3) is 38.4. The number of amides is 1. The van der Waals surface area contributed by atoms with Gasteiger partial charge in [-0.25, -0.2) is 0 Å². The Morgan fingerprint density at radius 2 is 0.471 bits per heavy atom. The number of aliphatic hydroxyl groups excluding tert-OH is 1. The molecule has 27 nitrogen and oxygen atoms in total. The standard InChI is InChI=1S/C92H175NO26/c1-17-32-47-96-63-69-75(100-51-36-21-5)81(105-56-41-26-10)84(107-58-43-28-12)89(114-69)111-66-72-77(102-53-38-23-7)83(86(109-60-45-30-14)91(116-72)117-78-71(65-98-49-34-19-3)113-88(110-61-46-31-15)73(93-67(16)95)79(78)103-54-39-24-8)118-92-87(82(106-57-42-27-11)76(101-52-37-22-6)70(115-92)64-97-48-33-18-2)119-90-85(108-59-44-29-13)80(104-55-40-25-9)74(68(62-94)112-90)99-50-35-20-4/h68-92,94H,17-66H2,1-16H3,(H,93,95)/t68-,69?,70-,71?,72?,73?,74+,75+,76+,77+,78+,79+,80?,81-,82?,83-,84?,85?,86?,87?,88+,89-,90+,91-,92+/m0/s1. The summed E-state index contributed by atoms with van der Waals surface area (Å²) in [5.74, 6) is -0.304. The van der Waals surface area contributed by atoms with Crippen LogP contribution in [0.5, 0.6) is 0 Å². The van der Waals surface area contributed by atoms with E-state index in [0.717, 1.165) is 167 Å². The third-order valence-corrected chi connectivity index (χ3v) is 22.3. The number of unbranched alkanes of at least 4 members (excludes halogenated alkanes) is 15. The van der Waals surface area contributed by atoms with Gasteiger partial charge in [0.2, 0.25) is 5.91 Å². The molecule has 0 aromatic heterocycles. The normalized spacial score (nSPS) is 31.3. The minimum Gasteiger partial charge on any atom is -0.394 e. The minimum absolute atomic E-state index is 0.0750. The van der Waals surface area contributed by atoms with Gasteiger partial charge in [0.05, 0.1) is 33.0 Å². The number of hydrogen-bond donors (Lipinski definition) is 2. The molecule has 5 aliphatic heterocycles. The van der Waals surface area contributed by atoms with Crippen LogP contribution in [0.15, 0.2) is 0 Å². The molecular weight excluding hydrogens is 1530 g/mol. The predicted octanol–water partition coefficient (Wildman–Crippen LogP) is 15.6. The summed E-state index contributed by atoms with van der Waals surface area (Å²) < 4.78 is 173. The highest BCUT2D eigenvalue weighted by molar-refractivity contribution is 5.73. The van der Waals surface area contributed by atoms with Crippen molar-refractivity contribution in [2.45, 2.75) is 457 Å². The van der Waals surface area contributed by atoms with Gasteiger partial charge in [0, 0.05) is 106 Å². The number of carbonyl (C=O) groups excluding carboxylic acids is 1. The van der Waals surface area contributed by atoms with Gasteiger partial charge in [-0.2, -0.15) is 0 Å². The third-order valence-electron chi connectivity index (χ3n) is 22.3. The number of nitrogens with one attached hydrogen (secondary N) is 1. The van der Waals surface area contributed by atoms with E-state index in [2.05, 4.69) is 109 Å². The van der Waals surface area contributed by atoms with E-state index in [4.69, 9.17) is 114 Å². The van der Waals surface area contributed by atoms with E-state index < -0.39 is 160 Å². The monoisotopic (exact) mass is 1710 g/mol. The molecule has 5 fully saturated rings. The highest BCUT2D eigenvalue weighted by Crippen LogP contribution is 2.42. The van der Waals surface area contributed by atoms with Crippen molar-refractivity contribution in [2.24, 2.45) is 0 Å². The fourth-order valence-corrected chi connectivity index (χ4v) is 15.0. The Kier molecular flexibility index (Phi) is 61.4. The zero-order valence-corrected chi connectivity index (χ0v) is 77.4. The van der Waals surface area contributed by atoms with Crippen LogP contribution in [0.25, 0.3) is 0 Å². The second-order valence-electron chi connectivity index (χ2n) is 32.8. The van der Waals surface area contributed by atoms with Crippen LogP contribution in [0.1, 0.15) is 303 Å². The van der Waals surface area contributed by atoms with Gasteiger partial charge in [-0.15, -0.1) is 0 Å². The molecule has 2 N–H and O–H groups in total. The van der Waals surface area contributed by atoms with Crippen LogP contribution >= 0.6 is 0 Å². The Morgan fingerprint density at radius 1 is 0.235 bits per heavy atom. The van der Waals surface area contributed by atoms with Crippen molar-refractivity contribution < 1.29 is 124 Å². The van der Waals surface area contributed by atoms with Gasteiger partial charge >= 0.3 is 0 Å². The van der Waals surface area contributed by atoms with E-state index in [-0.39, 0.29) is 45.5 Å². The summed E-state index contributed by atoms with van der Waals surface area (Å²) in [7, 11) is 0. The van der Waals surface area contributed by atoms with Crippen molar-refractivity contribution in [3.8, 4) is 0 Å². The highest BCUT2D eigenvalue weighted by atomic mass is 16.8. The van der Waals surface area contributed by atoms with E-state index in [9.17, 15) is 9.90 Å². The SMILES string of the molecule is CCCCOCC1O[C@@H](OCCCC)C(NC(C)=O)[C@@H](OCCCC)[C@@H]1O[C@@H]1OC(CO[C@H]2OC(COCCCC)[C@@H](OCCCC)[C@H](OCCCC)C2OCCCC)[C@@H](OCCCC)[C@H](O[C@H]2O[C@@H](COCCCC)[C@@H](OCCCC)C(OCCCC)C2O[C@H]2O[C@@H](CO)[C@@H](OCCCC)C(OCCCC)C2OCCCC)C1OCCCC. The van der Waals surface area contributed by atoms with E-state index in [1.54, 1.807) is 0 Å². The Hall–Kier alpha value is -1.53. The highest BCUT2D eigenvalue weighted by Gasteiger charge is 2.60. The van der Waals surface area contributed by atoms with Crippen LogP contribution in [-0.2, 0) is 118 Å². The second-order valence-corrected chi connectivity index (χ2v) is 32.8. The van der Waals surface area contributed by atoms with Gasteiger partial charge < -0.3 is 124 Å². The van der Waals surface area contributed by atoms with E-state index in [0.29, 0.717) is 112 Å². The molecular formula is C92H175NO26. The number of hydrogen-bond acceptors (Lipinski definition) is 26. The maximum Gasteiger partial charge on any atom is 0.217 e. The van der Waals surface area contributed by atoms with Crippen molar-refractivity contribution in [2.75, 3.05) is 132 Å². The maximum absolute atomic E-state index is 13.8. The van der Waals surface area contributed by atoms with E-state index in [1.165, 1.54) is 6.92 Å². The van der Waals surface area contributed by atoms with Crippen molar-refractivity contribution in [3.05, 3.63) is 0 Å². The largest absolute Gasteiger partial charge is 0.394 e. The fraction of sp³-hybridized carbons (Fsp3) is 0.989. The average Bonchev–Trinajstić information content (AvgIpc) is 0.758. The summed E-state index contributed by atoms with van der Waals surface area (Å²) in [5.41, 5.74) is 0. The summed E-state index contributed by atoms with van der Waals surface area (Å²) in [5, 5.41) is 14.9. The van der Waals surface area contributed by atoms with Crippen LogP contribution in [0.4, 0.5) is 0 Å². The molecule has 27 heteroatoms. The molecule has 0 radical (unpaired) electrons. The van der Waals surface area contributed by atoms with Crippen LogP contribution in [0, 0.1) is 0 Å². The molecule has 0 aromatic carbocycles. The van der Waals surface area contributed by atoms with Gasteiger partial charge in [-0.1, -0.05) is 200 Å². The molecule has 0 aliphatic carbocycles. The van der Waals surface area contributed by atoms with E-state index in [1.807, 2.05) is 0 Å². The molecule has 119 heavy (non-hydrogen) atoms. The maximum atomic E-state index is 13.8. The van der Waals surface area contributed by atoms with Gasteiger partial charge in [-0.05, 0) is 96.3 Å². The Morgan fingerprint density at radius 3 is 0.832 bits per heavy atom. The van der Waals surface area contributed by atoms with Crippen molar-refractivity contribution in [1.29, 1.82) is 0 Å². The number of aliphatic hydroxyl groups is 1. The van der Waals surface area contributed by atoms with Crippen LogP contribution < -0.4 is 5.32 Å². The summed E-state index contributed by atoms with van der Waals surface area (Å²) in [6.07, 6.45) is 1.70. The molecule has 5 heterocycles. The Labute approximate surface area is 720 Å². The fourth-order valence-electron chi connectivity index (χ4n) is 15.0. The number of ether oxygens (including phenoxy) is 24. The van der Waals surface area contributed by atoms with Crippen LogP contribution in [0.2, 0.25) is 0 Å². The molecule has 5 rings (SSSR count). The molecule has 5 aliphatic rings. The summed E-state index contributed by atoms with van der Waals surface area (Å²) >= 11 is 0. The van der Waals surface area contributed by atoms with Crippen LogP contribution in [-0.4, -0.2) is 297 Å². The van der Waals surface area contributed by atoms with Gasteiger partial charge in [0.25, 0.3) is 0 Å². The van der Waals surface area contributed by atoms with Crippen molar-refractivity contribution in [1.82, 2.24) is 5.32 Å². The molecule has 25 atom stereocenters. The molecule has 10 unspecified atom stereocenters. The minimum atomic E-state index is -1.39. The molecule has 5 saturated heterocycles. The summed E-state index contributed by atoms with van der Waals surface area (Å²) in [6, 6.07) is -0.870. The van der Waals surface area contributed by atoms with E-state index >= 15 is 0 Å². The lowest BCUT2D eigenvalue weighted by molar-refractivity contribution is -0.407. The molecule has 0 spiro atoms. The summed E-state index contributed by atoms with van der Waals surface area (Å²) in [6.45, 7) is 39.2. The van der Waals surface area contributed by atoms with Crippen molar-refractivity contribution >= 4 is 5.91 Å². The van der Waals surface area contributed by atoms with Crippen molar-refractivity contribution in [3.63, 3.8) is 0 Å². The second kappa shape index (κ2) is 67.7. The molecule has 0 bridgehead atoms. The summed E-state index contributed by atoms with van der Waals surface area (Å²) in [4.78, 5) is 13.8.